The Labute approximate surface area is 175 Å². The molecule has 0 aromatic heterocycles. The molecule has 5 nitrogen and oxygen atoms in total. The fraction of sp³-hybridized carbons (Fsp3) is 0.958. The van der Waals surface area contributed by atoms with Crippen LogP contribution < -0.4 is 5.73 Å². The third-order valence-electron chi connectivity index (χ3n) is 10.5. The van der Waals surface area contributed by atoms with Gasteiger partial charge in [-0.05, 0) is 92.3 Å². The van der Waals surface area contributed by atoms with Crippen molar-refractivity contribution in [2.45, 2.75) is 103 Å². The predicted molar refractivity (Wildman–Crippen MR) is 112 cm³/mol. The van der Waals surface area contributed by atoms with Gasteiger partial charge in [-0.2, -0.15) is 0 Å². The van der Waals surface area contributed by atoms with Gasteiger partial charge in [-0.3, -0.25) is 4.79 Å². The molecule has 0 heterocycles. The molecule has 0 amide bonds. The molecular formula is C24H41NO4. The van der Waals surface area contributed by atoms with Crippen LogP contribution in [0.3, 0.4) is 0 Å². The Hall–Kier alpha value is -0.650. The van der Waals surface area contributed by atoms with Gasteiger partial charge in [0.05, 0.1) is 12.2 Å². The average molecular weight is 408 g/mol. The maximum Gasteiger partial charge on any atom is 0.303 e. The van der Waals surface area contributed by atoms with Gasteiger partial charge < -0.3 is 21.1 Å². The number of carboxylic acid groups (broad SMARTS) is 1. The van der Waals surface area contributed by atoms with Gasteiger partial charge in [0.25, 0.3) is 0 Å². The smallest absolute Gasteiger partial charge is 0.303 e. The molecule has 4 aliphatic rings. The van der Waals surface area contributed by atoms with Crippen molar-refractivity contribution in [3.8, 4) is 0 Å². The zero-order valence-electron chi connectivity index (χ0n) is 18.4. The number of nitrogens with two attached hydrogens (primary N) is 1. The van der Waals surface area contributed by atoms with Gasteiger partial charge in [0, 0.05) is 17.9 Å². The van der Waals surface area contributed by atoms with Crippen LogP contribution in [0.4, 0.5) is 0 Å². The molecule has 0 aliphatic heterocycles. The number of aliphatic carboxylic acids is 1. The number of hydrogen-bond donors (Lipinski definition) is 4. The van der Waals surface area contributed by atoms with Crippen molar-refractivity contribution in [2.24, 2.45) is 46.2 Å². The first-order chi connectivity index (χ1) is 13.5. The molecule has 4 rings (SSSR count). The molecule has 0 bridgehead atoms. The summed E-state index contributed by atoms with van der Waals surface area (Å²) >= 11 is 0. The lowest BCUT2D eigenvalue weighted by atomic mass is 9.40. The molecular weight excluding hydrogens is 366 g/mol. The van der Waals surface area contributed by atoms with Crippen molar-refractivity contribution in [1.29, 1.82) is 0 Å². The number of hydrogen-bond acceptors (Lipinski definition) is 4. The summed E-state index contributed by atoms with van der Waals surface area (Å²) in [5, 5.41) is 30.7. The van der Waals surface area contributed by atoms with Crippen LogP contribution in [0.5, 0.6) is 0 Å². The molecule has 0 aromatic rings. The Morgan fingerprint density at radius 3 is 2.52 bits per heavy atom. The normalized spacial score (nSPS) is 52.9. The highest BCUT2D eigenvalue weighted by molar-refractivity contribution is 5.66. The summed E-state index contributed by atoms with van der Waals surface area (Å²) in [5.41, 5.74) is 7.08. The second-order valence-electron chi connectivity index (χ2n) is 11.6. The Kier molecular flexibility index (Phi) is 5.36. The van der Waals surface area contributed by atoms with E-state index < -0.39 is 5.97 Å². The molecule has 5 N–H and O–H groups in total. The zero-order valence-corrected chi connectivity index (χ0v) is 18.4. The van der Waals surface area contributed by atoms with E-state index in [4.69, 9.17) is 10.8 Å². The van der Waals surface area contributed by atoms with Crippen molar-refractivity contribution in [2.75, 3.05) is 0 Å². The molecule has 4 aliphatic carbocycles. The second-order valence-corrected chi connectivity index (χ2v) is 11.6. The fourth-order valence-electron chi connectivity index (χ4n) is 8.80. The summed E-state index contributed by atoms with van der Waals surface area (Å²) < 4.78 is 0. The van der Waals surface area contributed by atoms with Crippen LogP contribution in [0.1, 0.15) is 85.0 Å². The highest BCUT2D eigenvalue weighted by Crippen LogP contribution is 2.69. The summed E-state index contributed by atoms with van der Waals surface area (Å²) in [6.45, 7) is 6.97. The van der Waals surface area contributed by atoms with E-state index in [1.807, 2.05) is 0 Å². The summed E-state index contributed by atoms with van der Waals surface area (Å²) in [7, 11) is 0. The van der Waals surface area contributed by atoms with Crippen LogP contribution >= 0.6 is 0 Å². The van der Waals surface area contributed by atoms with Crippen LogP contribution in [-0.4, -0.2) is 39.0 Å². The maximum atomic E-state index is 11.3. The number of rotatable bonds is 4. The van der Waals surface area contributed by atoms with Crippen LogP contribution in [0.2, 0.25) is 0 Å². The highest BCUT2D eigenvalue weighted by atomic mass is 16.4. The lowest BCUT2D eigenvalue weighted by Crippen LogP contribution is -2.73. The van der Waals surface area contributed by atoms with Gasteiger partial charge in [-0.15, -0.1) is 0 Å². The van der Waals surface area contributed by atoms with Crippen molar-refractivity contribution in [3.63, 3.8) is 0 Å². The number of carboxylic acids is 1. The summed E-state index contributed by atoms with van der Waals surface area (Å²) in [6.07, 6.45) is 7.90. The van der Waals surface area contributed by atoms with Gasteiger partial charge in [-0.25, -0.2) is 0 Å². The van der Waals surface area contributed by atoms with E-state index in [1.165, 1.54) is 0 Å². The molecule has 10 atom stereocenters. The molecule has 0 spiro atoms. The molecule has 166 valence electrons. The summed E-state index contributed by atoms with van der Waals surface area (Å²) in [4.78, 5) is 11.1. The van der Waals surface area contributed by atoms with E-state index in [9.17, 15) is 15.0 Å². The maximum absolute atomic E-state index is 11.3. The molecule has 1 unspecified atom stereocenters. The lowest BCUT2D eigenvalue weighted by molar-refractivity contribution is -0.187. The van der Waals surface area contributed by atoms with E-state index >= 15 is 0 Å². The Balaban J connectivity index is 1.61. The first-order valence-electron chi connectivity index (χ1n) is 11.9. The largest absolute Gasteiger partial charge is 0.481 e. The molecule has 29 heavy (non-hydrogen) atoms. The first-order valence-corrected chi connectivity index (χ1v) is 11.9. The van der Waals surface area contributed by atoms with Crippen molar-refractivity contribution in [1.82, 2.24) is 0 Å². The van der Waals surface area contributed by atoms with E-state index in [2.05, 4.69) is 20.8 Å². The first kappa shape index (κ1) is 21.6. The van der Waals surface area contributed by atoms with Gasteiger partial charge in [0.15, 0.2) is 0 Å². The Morgan fingerprint density at radius 1 is 1.10 bits per heavy atom. The number of carbonyl (C=O) groups is 1. The molecule has 4 fully saturated rings. The molecule has 0 aromatic carbocycles. The van der Waals surface area contributed by atoms with Gasteiger partial charge in [-0.1, -0.05) is 20.8 Å². The van der Waals surface area contributed by atoms with Gasteiger partial charge in [0.2, 0.25) is 0 Å². The van der Waals surface area contributed by atoms with E-state index in [1.54, 1.807) is 0 Å². The second kappa shape index (κ2) is 7.20. The minimum absolute atomic E-state index is 0.00946. The van der Waals surface area contributed by atoms with E-state index in [0.717, 1.165) is 57.8 Å². The topological polar surface area (TPSA) is 104 Å². The van der Waals surface area contributed by atoms with Crippen molar-refractivity contribution in [3.05, 3.63) is 0 Å². The number of fused-ring (bicyclic) bond motifs is 5. The van der Waals surface area contributed by atoms with Gasteiger partial charge in [0.1, 0.15) is 0 Å². The monoisotopic (exact) mass is 407 g/mol. The predicted octanol–water partition coefficient (Wildman–Crippen LogP) is 3.56. The third-order valence-corrected chi connectivity index (χ3v) is 10.5. The standard InChI is InChI=1S/C24H41NO4/c1-14(4-7-20(28)29)17-5-6-18-21-19(27)13-15-12-16(26)8-9-23(15,3)24(21,25)11-10-22(17,18)2/h14-19,21,26-27H,4-13,25H2,1-3H3,(H,28,29)/t14-,15+,16-,17-,18+,19-,21?,22-,23+,24-/m1/s1. The van der Waals surface area contributed by atoms with Crippen LogP contribution in [0, 0.1) is 40.4 Å². The van der Waals surface area contributed by atoms with Gasteiger partial charge >= 0.3 is 5.97 Å². The number of aliphatic hydroxyl groups is 2. The minimum Gasteiger partial charge on any atom is -0.481 e. The van der Waals surface area contributed by atoms with Crippen LogP contribution in [0.15, 0.2) is 0 Å². The number of aliphatic hydroxyl groups excluding tert-OH is 2. The Bertz CT molecular complexity index is 655. The third kappa shape index (κ3) is 3.10. The lowest BCUT2D eigenvalue weighted by Gasteiger charge is -2.67. The molecule has 5 heteroatoms. The van der Waals surface area contributed by atoms with Crippen molar-refractivity contribution < 1.29 is 20.1 Å². The molecule has 0 radical (unpaired) electrons. The highest BCUT2D eigenvalue weighted by Gasteiger charge is 2.68. The van der Waals surface area contributed by atoms with E-state index in [-0.39, 0.29) is 40.9 Å². The fourth-order valence-corrected chi connectivity index (χ4v) is 8.80. The van der Waals surface area contributed by atoms with Crippen LogP contribution in [0.25, 0.3) is 0 Å². The minimum atomic E-state index is -0.706. The van der Waals surface area contributed by atoms with Crippen molar-refractivity contribution >= 4 is 5.97 Å². The average Bonchev–Trinajstić information content (AvgIpc) is 2.99. The molecule has 0 saturated heterocycles. The summed E-state index contributed by atoms with van der Waals surface area (Å²) in [6, 6.07) is 0. The Morgan fingerprint density at radius 2 is 1.83 bits per heavy atom. The zero-order chi connectivity index (χ0) is 21.2. The quantitative estimate of drug-likeness (QED) is 0.570. The van der Waals surface area contributed by atoms with Crippen LogP contribution in [-0.2, 0) is 4.79 Å². The molecule has 4 saturated carbocycles. The SMILES string of the molecule is C[C@H](CCC(=O)O)[C@H]1CC[C@H]2C3[C@H](O)C[C@@H]4C[C@H](O)CC[C@]4(C)[C@@]3(N)CC[C@]12C. The summed E-state index contributed by atoms with van der Waals surface area (Å²) in [5.74, 6) is 1.04. The van der Waals surface area contributed by atoms with E-state index in [0.29, 0.717) is 23.7 Å².